The van der Waals surface area contributed by atoms with Crippen LogP contribution in [0.3, 0.4) is 0 Å². The van der Waals surface area contributed by atoms with E-state index in [9.17, 15) is 22.8 Å². The van der Waals surface area contributed by atoms with E-state index >= 15 is 0 Å². The van der Waals surface area contributed by atoms with Gasteiger partial charge < -0.3 is 10.1 Å². The number of pyridine rings is 2. The maximum absolute atomic E-state index is 13.1. The number of Topliss-reactive ketones (excluding diaryl/α,β-unsaturated/α-hetero) is 1. The number of amides is 1. The summed E-state index contributed by atoms with van der Waals surface area (Å²) in [6.07, 6.45) is 0.314. The fraction of sp³-hybridized carbons (Fsp3) is 0.208. The van der Waals surface area contributed by atoms with Crippen LogP contribution in [0.1, 0.15) is 50.0 Å². The molecule has 0 radical (unpaired) electrons. The first kappa shape index (κ1) is 27.1. The van der Waals surface area contributed by atoms with Gasteiger partial charge in [0, 0.05) is 36.4 Å². The lowest BCUT2D eigenvalue weighted by atomic mass is 10.0. The first-order valence-electron chi connectivity index (χ1n) is 10.9. The van der Waals surface area contributed by atoms with Crippen LogP contribution in [0.15, 0.2) is 49.2 Å². The second-order valence-corrected chi connectivity index (χ2v) is 9.44. The average Bonchev–Trinajstić information content (AvgIpc) is 3.40. The number of halogens is 4. The number of hydrogen-bond donors (Lipinski definition) is 1. The summed E-state index contributed by atoms with van der Waals surface area (Å²) in [7, 11) is 1.49. The highest BCUT2D eigenvalue weighted by atomic mass is 35.5. The van der Waals surface area contributed by atoms with Gasteiger partial charge in [-0.25, -0.2) is 24.9 Å². The molecule has 1 N–H and O–H groups in total. The molecular formula is C24H18ClF3N6O3S. The summed E-state index contributed by atoms with van der Waals surface area (Å²) in [5, 5.41) is 2.23. The van der Waals surface area contributed by atoms with E-state index in [1.165, 1.54) is 19.6 Å². The Bertz CT molecular complexity index is 1500. The zero-order valence-electron chi connectivity index (χ0n) is 19.8. The molecule has 14 heteroatoms. The Balaban J connectivity index is 1.43. The molecule has 4 heterocycles. The van der Waals surface area contributed by atoms with Crippen molar-refractivity contribution in [3.63, 3.8) is 0 Å². The molecule has 196 valence electrons. The number of aromatic nitrogens is 5. The number of ketones is 1. The van der Waals surface area contributed by atoms with Crippen molar-refractivity contribution in [1.29, 1.82) is 0 Å². The molecule has 4 aromatic heterocycles. The molecule has 1 unspecified atom stereocenters. The number of thiazole rings is 1. The van der Waals surface area contributed by atoms with Gasteiger partial charge in [-0.15, -0.1) is 11.3 Å². The van der Waals surface area contributed by atoms with Crippen molar-refractivity contribution in [2.45, 2.75) is 25.4 Å². The fourth-order valence-corrected chi connectivity index (χ4v) is 4.42. The molecule has 4 rings (SSSR count). The van der Waals surface area contributed by atoms with Gasteiger partial charge in [-0.3, -0.25) is 9.59 Å². The molecule has 4 aromatic rings. The standard InChI is InChI=1S/C24H18ClF3N6O3S/c1-12(5-18(35)17-8-16(32-11-33-17)13-3-4-29-21(6-13)37-2)23-31-10-19(38-23)22(36)34-20-7-14(24(26,27)28)15(25)9-30-20/h3-4,6-12H,5H2,1-2H3,(H,30,34,36). The maximum atomic E-state index is 13.1. The molecule has 1 amide bonds. The first-order chi connectivity index (χ1) is 18.0. The number of nitrogens with one attached hydrogen (secondary N) is 1. The van der Waals surface area contributed by atoms with Gasteiger partial charge in [-0.1, -0.05) is 18.5 Å². The van der Waals surface area contributed by atoms with Crippen LogP contribution in [0.5, 0.6) is 5.88 Å². The molecule has 38 heavy (non-hydrogen) atoms. The molecular weight excluding hydrogens is 545 g/mol. The molecule has 0 aromatic carbocycles. The third-order valence-electron chi connectivity index (χ3n) is 5.26. The highest BCUT2D eigenvalue weighted by Gasteiger charge is 2.34. The summed E-state index contributed by atoms with van der Waals surface area (Å²) in [6.45, 7) is 1.77. The topological polar surface area (TPSA) is 120 Å². The van der Waals surface area contributed by atoms with Gasteiger partial charge in [-0.05, 0) is 18.2 Å². The first-order valence-corrected chi connectivity index (χ1v) is 12.1. The van der Waals surface area contributed by atoms with Gasteiger partial charge in [0.25, 0.3) is 5.91 Å². The van der Waals surface area contributed by atoms with E-state index in [1.54, 1.807) is 31.3 Å². The van der Waals surface area contributed by atoms with Crippen LogP contribution in [0.2, 0.25) is 5.02 Å². The summed E-state index contributed by atoms with van der Waals surface area (Å²) >= 11 is 6.58. The monoisotopic (exact) mass is 562 g/mol. The van der Waals surface area contributed by atoms with Gasteiger partial charge in [0.2, 0.25) is 5.88 Å². The minimum Gasteiger partial charge on any atom is -0.481 e. The Morgan fingerprint density at radius 3 is 2.63 bits per heavy atom. The van der Waals surface area contributed by atoms with E-state index in [0.29, 0.717) is 28.2 Å². The number of methoxy groups -OCH3 is 1. The van der Waals surface area contributed by atoms with Crippen LogP contribution >= 0.6 is 22.9 Å². The third-order valence-corrected chi connectivity index (χ3v) is 6.78. The Labute approximate surface area is 223 Å². The van der Waals surface area contributed by atoms with E-state index in [0.717, 1.165) is 17.5 Å². The SMILES string of the molecule is COc1cc(-c2cc(C(=O)CC(C)c3ncc(C(=O)Nc4cc(C(F)(F)F)c(Cl)cn4)s3)ncn2)ccn1. The molecule has 9 nitrogen and oxygen atoms in total. The maximum Gasteiger partial charge on any atom is 0.418 e. The number of ether oxygens (including phenoxy) is 1. The average molecular weight is 563 g/mol. The van der Waals surface area contributed by atoms with Gasteiger partial charge in [0.05, 0.1) is 34.6 Å². The number of anilines is 1. The Morgan fingerprint density at radius 1 is 1.11 bits per heavy atom. The van der Waals surface area contributed by atoms with Crippen molar-refractivity contribution in [3.05, 3.63) is 75.3 Å². The van der Waals surface area contributed by atoms with E-state index in [2.05, 4.69) is 30.2 Å². The fourth-order valence-electron chi connectivity index (χ4n) is 3.34. The smallest absolute Gasteiger partial charge is 0.418 e. The minimum atomic E-state index is -4.70. The molecule has 0 spiro atoms. The normalized spacial score (nSPS) is 12.2. The molecule has 1 atom stereocenters. The van der Waals surface area contributed by atoms with Crippen molar-refractivity contribution in [2.24, 2.45) is 0 Å². The highest BCUT2D eigenvalue weighted by Crippen LogP contribution is 2.35. The lowest BCUT2D eigenvalue weighted by Gasteiger charge is -2.10. The number of hydrogen-bond acceptors (Lipinski definition) is 9. The highest BCUT2D eigenvalue weighted by molar-refractivity contribution is 7.13. The van der Waals surface area contributed by atoms with Crippen LogP contribution in [0.4, 0.5) is 19.0 Å². The number of nitrogens with zero attached hydrogens (tertiary/aromatic N) is 5. The predicted molar refractivity (Wildman–Crippen MR) is 133 cm³/mol. The van der Waals surface area contributed by atoms with Crippen molar-refractivity contribution in [3.8, 4) is 17.1 Å². The Kier molecular flexibility index (Phi) is 7.97. The predicted octanol–water partition coefficient (Wildman–Crippen LogP) is 5.70. The minimum absolute atomic E-state index is 0.0539. The van der Waals surface area contributed by atoms with Crippen LogP contribution in [-0.2, 0) is 6.18 Å². The summed E-state index contributed by atoms with van der Waals surface area (Å²) in [4.78, 5) is 45.9. The van der Waals surface area contributed by atoms with Gasteiger partial charge in [0.15, 0.2) is 5.78 Å². The molecule has 0 bridgehead atoms. The lowest BCUT2D eigenvalue weighted by molar-refractivity contribution is -0.137. The second-order valence-electron chi connectivity index (χ2n) is 7.97. The summed E-state index contributed by atoms with van der Waals surface area (Å²) in [5.41, 5.74) is 0.322. The third kappa shape index (κ3) is 6.29. The summed E-state index contributed by atoms with van der Waals surface area (Å²) in [6, 6.07) is 5.64. The second kappa shape index (κ2) is 11.2. The number of carbonyl (C=O) groups excluding carboxylic acids is 2. The van der Waals surface area contributed by atoms with Crippen molar-refractivity contribution in [1.82, 2.24) is 24.9 Å². The van der Waals surface area contributed by atoms with Crippen LogP contribution in [0, 0.1) is 0 Å². The molecule has 0 aliphatic rings. The lowest BCUT2D eigenvalue weighted by Crippen LogP contribution is -2.13. The zero-order valence-corrected chi connectivity index (χ0v) is 21.4. The van der Waals surface area contributed by atoms with Crippen molar-refractivity contribution >= 4 is 40.4 Å². The van der Waals surface area contributed by atoms with E-state index in [-0.39, 0.29) is 34.5 Å². The summed E-state index contributed by atoms with van der Waals surface area (Å²) < 4.78 is 44.3. The molecule has 0 aliphatic carbocycles. The molecule has 0 saturated carbocycles. The van der Waals surface area contributed by atoms with E-state index in [1.807, 2.05) is 0 Å². The zero-order chi connectivity index (χ0) is 27.4. The Morgan fingerprint density at radius 2 is 1.89 bits per heavy atom. The van der Waals surface area contributed by atoms with Crippen LogP contribution in [0.25, 0.3) is 11.3 Å². The van der Waals surface area contributed by atoms with Crippen LogP contribution < -0.4 is 10.1 Å². The van der Waals surface area contributed by atoms with E-state index < -0.39 is 22.7 Å². The van der Waals surface area contributed by atoms with Crippen molar-refractivity contribution in [2.75, 3.05) is 12.4 Å². The quantitative estimate of drug-likeness (QED) is 0.272. The summed E-state index contributed by atoms with van der Waals surface area (Å²) in [5.74, 6) is -1.22. The molecule has 0 aliphatic heterocycles. The van der Waals surface area contributed by atoms with Gasteiger partial charge in [-0.2, -0.15) is 13.2 Å². The molecule has 0 saturated heterocycles. The number of alkyl halides is 3. The number of carbonyl (C=O) groups is 2. The van der Waals surface area contributed by atoms with Crippen molar-refractivity contribution < 1.29 is 27.5 Å². The van der Waals surface area contributed by atoms with Crippen LogP contribution in [-0.4, -0.2) is 43.7 Å². The van der Waals surface area contributed by atoms with Gasteiger partial charge in [0.1, 0.15) is 22.7 Å². The largest absolute Gasteiger partial charge is 0.481 e. The number of rotatable bonds is 8. The van der Waals surface area contributed by atoms with E-state index in [4.69, 9.17) is 16.3 Å². The Hall–Kier alpha value is -3.97. The molecule has 0 fully saturated rings. The van der Waals surface area contributed by atoms with Gasteiger partial charge >= 0.3 is 6.18 Å².